The fraction of sp³-hybridized carbons (Fsp3) is 0.545. The van der Waals surface area contributed by atoms with Crippen molar-refractivity contribution in [1.29, 1.82) is 0 Å². The van der Waals surface area contributed by atoms with E-state index in [1.807, 2.05) is 0 Å². The Morgan fingerprint density at radius 2 is 0.750 bits per heavy atom. The summed E-state index contributed by atoms with van der Waals surface area (Å²) in [6.07, 6.45) is 4.27. The van der Waals surface area contributed by atoms with Gasteiger partial charge in [-0.05, 0) is 60.5 Å². The average molecular weight is 705 g/mol. The topological polar surface area (TPSA) is 99.7 Å². The molecule has 4 N–H and O–H groups in total. The zero-order valence-corrected chi connectivity index (χ0v) is 33.0. The third kappa shape index (κ3) is 10.9. The molecule has 0 bridgehead atoms. The van der Waals surface area contributed by atoms with Crippen LogP contribution in [0.4, 0.5) is 23.5 Å². The molecular formula is C44H64N8. The summed E-state index contributed by atoms with van der Waals surface area (Å²) in [7, 11) is 0. The van der Waals surface area contributed by atoms with Gasteiger partial charge < -0.3 is 21.3 Å². The molecule has 1 fully saturated rings. The number of rotatable bonds is 20. The Kier molecular flexibility index (Phi) is 14.3. The number of nitrogens with zero attached hydrogens (tertiary/aromatic N) is 4. The minimum absolute atomic E-state index is 0.110. The molecule has 2 aromatic heterocycles. The number of benzene rings is 2. The zero-order chi connectivity index (χ0) is 37.0. The maximum absolute atomic E-state index is 5.30. The largest absolute Gasteiger partial charge is 0.370 e. The molecule has 2 heterocycles. The van der Waals surface area contributed by atoms with Crippen molar-refractivity contribution < 1.29 is 0 Å². The van der Waals surface area contributed by atoms with E-state index >= 15 is 0 Å². The van der Waals surface area contributed by atoms with E-state index in [-0.39, 0.29) is 23.7 Å². The highest BCUT2D eigenvalue weighted by Gasteiger charge is 2.54. The van der Waals surface area contributed by atoms with E-state index in [0.717, 1.165) is 74.9 Å². The number of nitrogens with one attached hydrogen (secondary N) is 4. The quantitative estimate of drug-likeness (QED) is 0.0721. The molecule has 0 amide bonds. The van der Waals surface area contributed by atoms with Crippen LogP contribution in [0.15, 0.2) is 72.8 Å². The van der Waals surface area contributed by atoms with Gasteiger partial charge in [-0.25, -0.2) is 9.97 Å². The average Bonchev–Trinajstić information content (AvgIpc) is 3.08. The van der Waals surface area contributed by atoms with Crippen LogP contribution in [0.2, 0.25) is 0 Å². The minimum Gasteiger partial charge on any atom is -0.370 e. The first kappa shape index (κ1) is 39.0. The second kappa shape index (κ2) is 19.0. The van der Waals surface area contributed by atoms with Crippen molar-refractivity contribution in [1.82, 2.24) is 19.9 Å². The lowest BCUT2D eigenvalue weighted by Gasteiger charge is -2.52. The highest BCUT2D eigenvalue weighted by Crippen LogP contribution is 2.66. The molecule has 1 aliphatic carbocycles. The molecule has 8 nitrogen and oxygen atoms in total. The predicted octanol–water partition coefficient (Wildman–Crippen LogP) is 10.5. The minimum atomic E-state index is 0.110. The highest BCUT2D eigenvalue weighted by atomic mass is 15.2. The third-order valence-corrected chi connectivity index (χ3v) is 10.2. The molecule has 0 atom stereocenters. The maximum atomic E-state index is 5.30. The summed E-state index contributed by atoms with van der Waals surface area (Å²) in [5.41, 5.74) is 4.73. The highest BCUT2D eigenvalue weighted by molar-refractivity contribution is 5.52. The van der Waals surface area contributed by atoms with Gasteiger partial charge in [-0.2, -0.15) is 9.97 Å². The maximum Gasteiger partial charge on any atom is 0.224 e. The third-order valence-electron chi connectivity index (χ3n) is 10.2. The summed E-state index contributed by atoms with van der Waals surface area (Å²) in [6, 6.07) is 26.4. The molecule has 1 aliphatic rings. The van der Waals surface area contributed by atoms with Gasteiger partial charge in [0, 0.05) is 62.0 Å². The number of aromatic nitrogens is 4. The first-order valence-corrected chi connectivity index (χ1v) is 19.9. The second-order valence-corrected chi connectivity index (χ2v) is 16.4. The van der Waals surface area contributed by atoms with E-state index in [4.69, 9.17) is 19.9 Å². The zero-order valence-electron chi connectivity index (χ0n) is 33.0. The molecular weight excluding hydrogens is 641 g/mol. The van der Waals surface area contributed by atoms with Gasteiger partial charge >= 0.3 is 0 Å². The Morgan fingerprint density at radius 1 is 0.423 bits per heavy atom. The van der Waals surface area contributed by atoms with Gasteiger partial charge in [0.25, 0.3) is 0 Å². The van der Waals surface area contributed by atoms with Crippen LogP contribution < -0.4 is 21.3 Å². The van der Waals surface area contributed by atoms with E-state index in [0.29, 0.717) is 35.6 Å². The summed E-state index contributed by atoms with van der Waals surface area (Å²) in [6.45, 7) is 21.5. The van der Waals surface area contributed by atoms with Gasteiger partial charge in [0.1, 0.15) is 11.6 Å². The first-order chi connectivity index (χ1) is 25.1. The molecule has 0 aliphatic heterocycles. The van der Waals surface area contributed by atoms with Crippen LogP contribution in [0.3, 0.4) is 0 Å². The van der Waals surface area contributed by atoms with Gasteiger partial charge in [0.2, 0.25) is 11.9 Å². The molecule has 0 saturated heterocycles. The monoisotopic (exact) mass is 705 g/mol. The summed E-state index contributed by atoms with van der Waals surface area (Å²) in [5, 5.41) is 14.5. The van der Waals surface area contributed by atoms with Gasteiger partial charge in [-0.1, -0.05) is 116 Å². The molecule has 2 aromatic carbocycles. The fourth-order valence-electron chi connectivity index (χ4n) is 7.20. The molecule has 8 heteroatoms. The van der Waals surface area contributed by atoms with Crippen molar-refractivity contribution in [2.45, 2.75) is 105 Å². The van der Waals surface area contributed by atoms with E-state index in [9.17, 15) is 0 Å². The standard InChI is InChI=1S/C44H64N8/c1-29(2)19-23-45-37-27-35(49-43(51-37)47-25-21-31(5)6)41-39(33-15-11-9-12-16-33)42(40(41)34-17-13-10-14-18-34)36-28-38(46-24-20-30(3)4)52-44(50-36)48-26-22-32(7)8/h9-18,27-32,39-42H,19-26H2,1-8H3,(H2,45,47,49,51)(H2,46,48,50,52)/t39-,40-,41-,42-. The van der Waals surface area contributed by atoms with E-state index in [2.05, 4.69) is 149 Å². The lowest BCUT2D eigenvalue weighted by Crippen LogP contribution is -2.41. The summed E-state index contributed by atoms with van der Waals surface area (Å²) < 4.78 is 0. The fourth-order valence-corrected chi connectivity index (χ4v) is 7.20. The van der Waals surface area contributed by atoms with Crippen molar-refractivity contribution in [3.8, 4) is 0 Å². The van der Waals surface area contributed by atoms with Crippen molar-refractivity contribution in [2.24, 2.45) is 23.7 Å². The van der Waals surface area contributed by atoms with Crippen LogP contribution in [0.5, 0.6) is 0 Å². The Hall–Kier alpha value is -4.20. The number of hydrogen-bond donors (Lipinski definition) is 4. The Morgan fingerprint density at radius 3 is 1.08 bits per heavy atom. The van der Waals surface area contributed by atoms with Crippen molar-refractivity contribution in [2.75, 3.05) is 47.4 Å². The van der Waals surface area contributed by atoms with Gasteiger partial charge in [0.15, 0.2) is 0 Å². The van der Waals surface area contributed by atoms with Gasteiger partial charge in [0.05, 0.1) is 11.4 Å². The van der Waals surface area contributed by atoms with Crippen LogP contribution in [-0.2, 0) is 0 Å². The van der Waals surface area contributed by atoms with E-state index in [1.165, 1.54) is 11.1 Å². The molecule has 0 radical (unpaired) electrons. The van der Waals surface area contributed by atoms with Crippen LogP contribution in [0.25, 0.3) is 0 Å². The Balaban J connectivity index is 1.62. The first-order valence-electron chi connectivity index (χ1n) is 19.9. The molecule has 4 aromatic rings. The van der Waals surface area contributed by atoms with Crippen molar-refractivity contribution in [3.63, 3.8) is 0 Å². The number of hydrogen-bond acceptors (Lipinski definition) is 8. The summed E-state index contributed by atoms with van der Waals surface area (Å²) in [5.74, 6) is 6.09. The molecule has 0 spiro atoms. The Bertz CT molecular complexity index is 1440. The van der Waals surface area contributed by atoms with Crippen LogP contribution in [0, 0.1) is 23.7 Å². The summed E-state index contributed by atoms with van der Waals surface area (Å²) >= 11 is 0. The van der Waals surface area contributed by atoms with Crippen LogP contribution in [-0.4, -0.2) is 46.1 Å². The van der Waals surface area contributed by atoms with Crippen LogP contribution >= 0.6 is 0 Å². The molecule has 1 saturated carbocycles. The normalized spacial score (nSPS) is 18.5. The van der Waals surface area contributed by atoms with Crippen molar-refractivity contribution >= 4 is 23.5 Å². The van der Waals surface area contributed by atoms with Crippen LogP contribution in [0.1, 0.15) is 127 Å². The lowest BCUT2D eigenvalue weighted by molar-refractivity contribution is 0.220. The molecule has 0 unspecified atom stereocenters. The smallest absolute Gasteiger partial charge is 0.224 e. The predicted molar refractivity (Wildman–Crippen MR) is 220 cm³/mol. The molecule has 280 valence electrons. The van der Waals surface area contributed by atoms with E-state index < -0.39 is 0 Å². The SMILES string of the molecule is CC(C)CCNc1cc([C@H]2[C@H](c3ccccc3)[C@H](c3cc(NCCC(C)C)nc(NCCC(C)C)n3)[C@H]2c2ccccc2)nc(NCCC(C)C)n1. The van der Waals surface area contributed by atoms with Gasteiger partial charge in [-0.3, -0.25) is 0 Å². The van der Waals surface area contributed by atoms with E-state index in [1.54, 1.807) is 0 Å². The number of anilines is 4. The summed E-state index contributed by atoms with van der Waals surface area (Å²) in [4.78, 5) is 20.6. The second-order valence-electron chi connectivity index (χ2n) is 16.4. The molecule has 52 heavy (non-hydrogen) atoms. The van der Waals surface area contributed by atoms with Crippen molar-refractivity contribution in [3.05, 3.63) is 95.3 Å². The lowest BCUT2D eigenvalue weighted by atomic mass is 9.50. The van der Waals surface area contributed by atoms with Gasteiger partial charge in [-0.15, -0.1) is 0 Å². The Labute approximate surface area is 313 Å². The molecule has 5 rings (SSSR count).